The lowest BCUT2D eigenvalue weighted by atomic mass is 9.95. The van der Waals surface area contributed by atoms with Crippen molar-refractivity contribution in [2.75, 3.05) is 32.8 Å². The van der Waals surface area contributed by atoms with E-state index >= 15 is 0 Å². The third-order valence-electron chi connectivity index (χ3n) is 4.24. The molecule has 2 amide bonds. The summed E-state index contributed by atoms with van der Waals surface area (Å²) in [5.74, 6) is -1.82. The van der Waals surface area contributed by atoms with Crippen LogP contribution in [0.1, 0.15) is 25.7 Å². The van der Waals surface area contributed by atoms with Crippen LogP contribution in [0.25, 0.3) is 0 Å². The summed E-state index contributed by atoms with van der Waals surface area (Å²) in [4.78, 5) is 23.9. The van der Waals surface area contributed by atoms with Crippen molar-refractivity contribution < 1.29 is 27.5 Å². The van der Waals surface area contributed by atoms with E-state index in [1.165, 1.54) is 0 Å². The number of nitrogens with one attached hydrogen (secondary N) is 1. The molecule has 2 saturated heterocycles. The minimum absolute atomic E-state index is 0.0477. The molecule has 8 heteroatoms. The van der Waals surface area contributed by atoms with E-state index in [-0.39, 0.29) is 30.8 Å². The molecule has 5 nitrogen and oxygen atoms in total. The Morgan fingerprint density at radius 3 is 2.41 bits per heavy atom. The number of ether oxygens (including phenoxy) is 1. The number of likely N-dealkylation sites (tertiary alicyclic amines) is 1. The predicted molar refractivity (Wildman–Crippen MR) is 71.9 cm³/mol. The van der Waals surface area contributed by atoms with Gasteiger partial charge in [-0.05, 0) is 31.6 Å². The molecule has 0 aromatic carbocycles. The van der Waals surface area contributed by atoms with E-state index < -0.39 is 12.1 Å². The van der Waals surface area contributed by atoms with Gasteiger partial charge in [-0.2, -0.15) is 13.2 Å². The summed E-state index contributed by atoms with van der Waals surface area (Å²) >= 11 is 0. The quantitative estimate of drug-likeness (QED) is 0.853. The van der Waals surface area contributed by atoms with Crippen LogP contribution in [-0.2, 0) is 14.3 Å². The molecule has 1 atom stereocenters. The van der Waals surface area contributed by atoms with Gasteiger partial charge in [0.05, 0.1) is 12.5 Å². The molecule has 126 valence electrons. The summed E-state index contributed by atoms with van der Waals surface area (Å²) < 4.78 is 42.2. The summed E-state index contributed by atoms with van der Waals surface area (Å²) in [6, 6.07) is 0. The summed E-state index contributed by atoms with van der Waals surface area (Å²) in [6.07, 6.45) is -2.17. The predicted octanol–water partition coefficient (Wildman–Crippen LogP) is 1.33. The normalized spacial score (nSPS) is 24.1. The fraction of sp³-hybridized carbons (Fsp3) is 0.857. The molecule has 22 heavy (non-hydrogen) atoms. The zero-order chi connectivity index (χ0) is 16.2. The molecule has 0 saturated carbocycles. The maximum atomic E-state index is 12.3. The fourth-order valence-corrected chi connectivity index (χ4v) is 2.86. The fourth-order valence-electron chi connectivity index (χ4n) is 2.86. The van der Waals surface area contributed by atoms with E-state index in [0.717, 1.165) is 17.7 Å². The number of alkyl halides is 3. The van der Waals surface area contributed by atoms with Gasteiger partial charge < -0.3 is 15.0 Å². The van der Waals surface area contributed by atoms with E-state index in [4.69, 9.17) is 4.74 Å². The van der Waals surface area contributed by atoms with Crippen LogP contribution in [0.4, 0.5) is 13.2 Å². The highest BCUT2D eigenvalue weighted by Gasteiger charge is 2.43. The Hall–Kier alpha value is -1.31. The molecule has 0 radical (unpaired) electrons. The second kappa shape index (κ2) is 7.30. The Morgan fingerprint density at radius 1 is 1.18 bits per heavy atom. The van der Waals surface area contributed by atoms with Gasteiger partial charge in [0, 0.05) is 26.2 Å². The maximum Gasteiger partial charge on any atom is 0.471 e. The van der Waals surface area contributed by atoms with Crippen molar-refractivity contribution in [3.8, 4) is 0 Å². The number of carbonyl (C=O) groups excluding carboxylic acids is 2. The molecule has 2 fully saturated rings. The van der Waals surface area contributed by atoms with Crippen molar-refractivity contribution in [2.24, 2.45) is 11.8 Å². The van der Waals surface area contributed by atoms with Crippen molar-refractivity contribution in [3.05, 3.63) is 0 Å². The molecular weight excluding hydrogens is 301 g/mol. The molecule has 0 aromatic heterocycles. The maximum absolute atomic E-state index is 12.3. The Kier molecular flexibility index (Phi) is 5.66. The van der Waals surface area contributed by atoms with Crippen LogP contribution >= 0.6 is 0 Å². The number of amides is 2. The first kappa shape index (κ1) is 17.1. The second-order valence-electron chi connectivity index (χ2n) is 5.89. The van der Waals surface area contributed by atoms with Crippen molar-refractivity contribution in [1.82, 2.24) is 10.2 Å². The molecule has 2 heterocycles. The van der Waals surface area contributed by atoms with Crippen LogP contribution in [-0.4, -0.2) is 55.7 Å². The van der Waals surface area contributed by atoms with Crippen molar-refractivity contribution in [1.29, 1.82) is 0 Å². The number of nitrogens with zero attached hydrogens (tertiary/aromatic N) is 1. The molecule has 2 aliphatic rings. The van der Waals surface area contributed by atoms with Gasteiger partial charge in [-0.15, -0.1) is 0 Å². The van der Waals surface area contributed by atoms with Gasteiger partial charge in [0.25, 0.3) is 0 Å². The van der Waals surface area contributed by atoms with Crippen molar-refractivity contribution >= 4 is 11.8 Å². The average molecular weight is 322 g/mol. The highest BCUT2D eigenvalue weighted by Crippen LogP contribution is 2.23. The summed E-state index contributed by atoms with van der Waals surface area (Å²) in [7, 11) is 0. The van der Waals surface area contributed by atoms with Crippen LogP contribution < -0.4 is 5.32 Å². The van der Waals surface area contributed by atoms with Gasteiger partial charge in [0.2, 0.25) is 5.91 Å². The number of piperidine rings is 1. The zero-order valence-corrected chi connectivity index (χ0v) is 12.3. The molecule has 0 spiro atoms. The van der Waals surface area contributed by atoms with Crippen molar-refractivity contribution in [2.45, 2.75) is 31.9 Å². The minimum Gasteiger partial charge on any atom is -0.381 e. The van der Waals surface area contributed by atoms with Gasteiger partial charge in [-0.3, -0.25) is 9.59 Å². The number of halogens is 3. The smallest absolute Gasteiger partial charge is 0.381 e. The summed E-state index contributed by atoms with van der Waals surface area (Å²) in [5.41, 5.74) is 0. The first-order valence-corrected chi connectivity index (χ1v) is 7.59. The summed E-state index contributed by atoms with van der Waals surface area (Å²) in [6.45, 7) is 1.75. The van der Waals surface area contributed by atoms with E-state index in [1.807, 2.05) is 0 Å². The largest absolute Gasteiger partial charge is 0.471 e. The standard InChI is InChI=1S/C14H21F3N2O3/c15-14(16,17)13(21)19-5-3-10(4-6-19)8-18-12(20)11-2-1-7-22-9-11/h10-11H,1-9H2,(H,18,20)/t11-/m1/s1. The number of carbonyl (C=O) groups is 2. The SMILES string of the molecule is O=C(NCC1CCN(C(=O)C(F)(F)F)CC1)[C@@H]1CCCOC1. The van der Waals surface area contributed by atoms with Crippen LogP contribution in [0.15, 0.2) is 0 Å². The molecule has 0 aliphatic carbocycles. The number of hydrogen-bond acceptors (Lipinski definition) is 3. The Balaban J connectivity index is 1.69. The molecule has 0 unspecified atom stereocenters. The van der Waals surface area contributed by atoms with E-state index in [1.54, 1.807) is 0 Å². The lowest BCUT2D eigenvalue weighted by Crippen LogP contribution is -2.47. The molecule has 2 aliphatic heterocycles. The lowest BCUT2D eigenvalue weighted by Gasteiger charge is -2.32. The number of rotatable bonds is 3. The topological polar surface area (TPSA) is 58.6 Å². The van der Waals surface area contributed by atoms with Gasteiger partial charge >= 0.3 is 12.1 Å². The van der Waals surface area contributed by atoms with Gasteiger partial charge in [0.15, 0.2) is 0 Å². The van der Waals surface area contributed by atoms with Gasteiger partial charge in [-0.1, -0.05) is 0 Å². The number of hydrogen-bond donors (Lipinski definition) is 1. The van der Waals surface area contributed by atoms with Crippen molar-refractivity contribution in [3.63, 3.8) is 0 Å². The molecule has 2 rings (SSSR count). The first-order valence-electron chi connectivity index (χ1n) is 7.59. The van der Waals surface area contributed by atoms with Crippen LogP contribution in [0.5, 0.6) is 0 Å². The second-order valence-corrected chi connectivity index (χ2v) is 5.89. The highest BCUT2D eigenvalue weighted by atomic mass is 19.4. The first-order chi connectivity index (χ1) is 10.4. The lowest BCUT2D eigenvalue weighted by molar-refractivity contribution is -0.186. The molecule has 1 N–H and O–H groups in total. The Labute approximate surface area is 127 Å². The molecule has 0 aromatic rings. The third-order valence-corrected chi connectivity index (χ3v) is 4.24. The van der Waals surface area contributed by atoms with Crippen LogP contribution in [0, 0.1) is 11.8 Å². The van der Waals surface area contributed by atoms with Gasteiger partial charge in [-0.25, -0.2) is 0 Å². The highest BCUT2D eigenvalue weighted by molar-refractivity contribution is 5.82. The van der Waals surface area contributed by atoms with Gasteiger partial charge in [0.1, 0.15) is 0 Å². The molecular formula is C14H21F3N2O3. The monoisotopic (exact) mass is 322 g/mol. The Morgan fingerprint density at radius 2 is 1.86 bits per heavy atom. The zero-order valence-electron chi connectivity index (χ0n) is 12.3. The average Bonchev–Trinajstić information content (AvgIpc) is 2.52. The van der Waals surface area contributed by atoms with Crippen LogP contribution in [0.3, 0.4) is 0 Å². The Bertz CT molecular complexity index is 401. The minimum atomic E-state index is -4.80. The third kappa shape index (κ3) is 4.59. The van der Waals surface area contributed by atoms with E-state index in [2.05, 4.69) is 5.32 Å². The molecule has 0 bridgehead atoms. The van der Waals surface area contributed by atoms with E-state index in [0.29, 0.717) is 32.6 Å². The van der Waals surface area contributed by atoms with E-state index in [9.17, 15) is 22.8 Å². The van der Waals surface area contributed by atoms with Crippen LogP contribution in [0.2, 0.25) is 0 Å². The summed E-state index contributed by atoms with van der Waals surface area (Å²) in [5, 5.41) is 2.85.